The summed E-state index contributed by atoms with van der Waals surface area (Å²) >= 11 is 0. The third-order valence-electron chi connectivity index (χ3n) is 2.99. The van der Waals surface area contributed by atoms with Crippen LogP contribution in [0.3, 0.4) is 0 Å². The van der Waals surface area contributed by atoms with E-state index in [4.69, 9.17) is 0 Å². The molecule has 2 heteroatoms. The largest absolute Gasteiger partial charge is 0.327 e. The molecule has 1 fully saturated rings. The highest BCUT2D eigenvalue weighted by Gasteiger charge is 2.24. The van der Waals surface area contributed by atoms with E-state index in [1.807, 2.05) is 20.2 Å². The Morgan fingerprint density at radius 3 is 2.69 bits per heavy atom. The van der Waals surface area contributed by atoms with Crippen LogP contribution in [0.5, 0.6) is 0 Å². The Morgan fingerprint density at radius 2 is 2.06 bits per heavy atom. The van der Waals surface area contributed by atoms with Gasteiger partial charge in [0.1, 0.15) is 0 Å². The number of benzene rings is 1. The number of nitrogens with zero attached hydrogens (tertiary/aromatic N) is 2. The molecule has 0 N–H and O–H groups in total. The average Bonchev–Trinajstić information content (AvgIpc) is 3.11. The van der Waals surface area contributed by atoms with Crippen molar-refractivity contribution in [3.8, 4) is 0 Å². The van der Waals surface area contributed by atoms with E-state index in [0.717, 1.165) is 18.0 Å². The lowest BCUT2D eigenvalue weighted by atomic mass is 10.1. The molecule has 0 radical (unpaired) electrons. The lowest BCUT2D eigenvalue weighted by molar-refractivity contribution is 0.765. The Hall–Kier alpha value is -1.31. The van der Waals surface area contributed by atoms with Crippen molar-refractivity contribution in [2.45, 2.75) is 46.1 Å². The highest BCUT2D eigenvalue weighted by atomic mass is 15.1. The van der Waals surface area contributed by atoms with Gasteiger partial charge in [-0.25, -0.2) is 4.98 Å². The lowest BCUT2D eigenvalue weighted by Gasteiger charge is -2.02. The van der Waals surface area contributed by atoms with Crippen LogP contribution in [0.15, 0.2) is 24.5 Å². The lowest BCUT2D eigenvalue weighted by Crippen LogP contribution is -1.91. The Morgan fingerprint density at radius 1 is 1.31 bits per heavy atom. The summed E-state index contributed by atoms with van der Waals surface area (Å²) in [5, 5.41) is 0. The van der Waals surface area contributed by atoms with Gasteiger partial charge >= 0.3 is 0 Å². The van der Waals surface area contributed by atoms with Gasteiger partial charge in [-0.2, -0.15) is 0 Å². The zero-order valence-electron chi connectivity index (χ0n) is 10.4. The van der Waals surface area contributed by atoms with Crippen LogP contribution in [0.2, 0.25) is 0 Å². The van der Waals surface area contributed by atoms with Crippen LogP contribution in [0.1, 0.15) is 45.2 Å². The first kappa shape index (κ1) is 11.2. The summed E-state index contributed by atoms with van der Waals surface area (Å²) < 4.78 is 2.33. The van der Waals surface area contributed by atoms with E-state index in [2.05, 4.69) is 34.7 Å². The zero-order chi connectivity index (χ0) is 11.5. The number of hydrogen-bond donors (Lipinski definition) is 0. The van der Waals surface area contributed by atoms with Crippen molar-refractivity contribution in [3.05, 3.63) is 30.1 Å². The Kier molecular flexibility index (Phi) is 3.28. The van der Waals surface area contributed by atoms with E-state index >= 15 is 0 Å². The van der Waals surface area contributed by atoms with Crippen LogP contribution < -0.4 is 0 Å². The molecule has 0 bridgehead atoms. The van der Waals surface area contributed by atoms with Gasteiger partial charge in [0.05, 0.1) is 17.4 Å². The molecule has 1 saturated carbocycles. The topological polar surface area (TPSA) is 17.8 Å². The van der Waals surface area contributed by atoms with Gasteiger partial charge in [0.15, 0.2) is 0 Å². The molecule has 2 aromatic rings. The molecule has 86 valence electrons. The molecule has 2 nitrogen and oxygen atoms in total. The van der Waals surface area contributed by atoms with Crippen molar-refractivity contribution in [2.75, 3.05) is 0 Å². The highest BCUT2D eigenvalue weighted by molar-refractivity contribution is 5.76. The van der Waals surface area contributed by atoms with Gasteiger partial charge in [-0.15, -0.1) is 0 Å². The van der Waals surface area contributed by atoms with Crippen molar-refractivity contribution in [1.82, 2.24) is 9.55 Å². The van der Waals surface area contributed by atoms with E-state index in [0.29, 0.717) is 0 Å². The van der Waals surface area contributed by atoms with E-state index in [9.17, 15) is 0 Å². The molecule has 0 spiro atoms. The van der Waals surface area contributed by atoms with Crippen molar-refractivity contribution in [2.24, 2.45) is 0 Å². The van der Waals surface area contributed by atoms with Crippen LogP contribution >= 0.6 is 0 Å². The minimum atomic E-state index is 0.729. The van der Waals surface area contributed by atoms with Crippen LogP contribution in [0.4, 0.5) is 0 Å². The van der Waals surface area contributed by atoms with Crippen molar-refractivity contribution >= 4 is 11.0 Å². The molecule has 0 amide bonds. The second kappa shape index (κ2) is 4.69. The molecule has 1 aliphatic rings. The minimum absolute atomic E-state index is 0.729. The smallest absolute Gasteiger partial charge is 0.0960 e. The molecule has 1 aromatic carbocycles. The number of hydrogen-bond acceptors (Lipinski definition) is 1. The van der Waals surface area contributed by atoms with E-state index < -0.39 is 0 Å². The average molecular weight is 216 g/mol. The Bertz CT molecular complexity index is 467. The van der Waals surface area contributed by atoms with E-state index in [-0.39, 0.29) is 0 Å². The molecule has 1 heterocycles. The summed E-state index contributed by atoms with van der Waals surface area (Å²) in [7, 11) is 0. The van der Waals surface area contributed by atoms with Gasteiger partial charge in [0, 0.05) is 6.04 Å². The molecule has 0 unspecified atom stereocenters. The SMILES string of the molecule is CC.CCc1ccc2ncn(C3CC3)c2c1. The number of aromatic nitrogens is 2. The van der Waals surface area contributed by atoms with Crippen LogP contribution in [-0.4, -0.2) is 9.55 Å². The van der Waals surface area contributed by atoms with E-state index in [1.54, 1.807) is 0 Å². The maximum atomic E-state index is 4.42. The van der Waals surface area contributed by atoms with Crippen molar-refractivity contribution in [1.29, 1.82) is 0 Å². The second-order valence-corrected chi connectivity index (χ2v) is 4.06. The summed E-state index contributed by atoms with van der Waals surface area (Å²) in [6.07, 6.45) is 5.73. The van der Waals surface area contributed by atoms with Crippen LogP contribution in [0.25, 0.3) is 11.0 Å². The predicted molar refractivity (Wildman–Crippen MR) is 68.7 cm³/mol. The molecule has 1 aromatic heterocycles. The van der Waals surface area contributed by atoms with Crippen molar-refractivity contribution < 1.29 is 0 Å². The van der Waals surface area contributed by atoms with Gasteiger partial charge in [0.25, 0.3) is 0 Å². The quantitative estimate of drug-likeness (QED) is 0.743. The fourth-order valence-corrected chi connectivity index (χ4v) is 1.94. The third kappa shape index (κ3) is 1.97. The first-order chi connectivity index (χ1) is 7.88. The maximum Gasteiger partial charge on any atom is 0.0960 e. The molecule has 3 rings (SSSR count). The first-order valence-corrected chi connectivity index (χ1v) is 6.34. The summed E-state index contributed by atoms with van der Waals surface area (Å²) in [6.45, 7) is 6.19. The fraction of sp³-hybridized carbons (Fsp3) is 0.500. The first-order valence-electron chi connectivity index (χ1n) is 6.34. The van der Waals surface area contributed by atoms with Gasteiger partial charge < -0.3 is 4.57 Å². The van der Waals surface area contributed by atoms with Gasteiger partial charge in [-0.1, -0.05) is 26.8 Å². The standard InChI is InChI=1S/C12H14N2.C2H6/c1-2-9-3-6-11-12(7-9)14(8-13-11)10-4-5-10;1-2/h3,6-8,10H,2,4-5H2,1H3;1-2H3. The molecular formula is C14H20N2. The number of rotatable bonds is 2. The summed E-state index contributed by atoms with van der Waals surface area (Å²) in [6, 6.07) is 7.31. The normalized spacial score (nSPS) is 14.7. The molecule has 16 heavy (non-hydrogen) atoms. The second-order valence-electron chi connectivity index (χ2n) is 4.06. The maximum absolute atomic E-state index is 4.42. The number of imidazole rings is 1. The summed E-state index contributed by atoms with van der Waals surface area (Å²) in [5.74, 6) is 0. The fourth-order valence-electron chi connectivity index (χ4n) is 1.94. The monoisotopic (exact) mass is 216 g/mol. The Labute approximate surface area is 97.3 Å². The van der Waals surface area contributed by atoms with Crippen LogP contribution in [-0.2, 0) is 6.42 Å². The van der Waals surface area contributed by atoms with E-state index in [1.165, 1.54) is 23.9 Å². The molecule has 0 atom stereocenters. The van der Waals surface area contributed by atoms with Crippen LogP contribution in [0, 0.1) is 0 Å². The third-order valence-corrected chi connectivity index (χ3v) is 2.99. The van der Waals surface area contributed by atoms with Crippen molar-refractivity contribution in [3.63, 3.8) is 0 Å². The molecular weight excluding hydrogens is 196 g/mol. The van der Waals surface area contributed by atoms with Gasteiger partial charge in [0.2, 0.25) is 0 Å². The molecule has 0 saturated heterocycles. The minimum Gasteiger partial charge on any atom is -0.327 e. The Balaban J connectivity index is 0.000000457. The molecule has 1 aliphatic carbocycles. The molecule has 0 aliphatic heterocycles. The number of aryl methyl sites for hydroxylation is 1. The summed E-state index contributed by atoms with van der Waals surface area (Å²) in [5.41, 5.74) is 3.85. The summed E-state index contributed by atoms with van der Waals surface area (Å²) in [4.78, 5) is 4.42. The van der Waals surface area contributed by atoms with Gasteiger partial charge in [-0.05, 0) is 37.0 Å². The highest BCUT2D eigenvalue weighted by Crippen LogP contribution is 2.37. The zero-order valence-corrected chi connectivity index (χ0v) is 10.4. The predicted octanol–water partition coefficient (Wildman–Crippen LogP) is 3.96. The van der Waals surface area contributed by atoms with Gasteiger partial charge in [-0.3, -0.25) is 0 Å². The number of fused-ring (bicyclic) bond motifs is 1.